The van der Waals surface area contributed by atoms with Crippen LogP contribution in [0.5, 0.6) is 0 Å². The highest BCUT2D eigenvalue weighted by Gasteiger charge is 2.14. The second-order valence-electron chi connectivity index (χ2n) is 5.07. The third-order valence-corrected chi connectivity index (χ3v) is 3.50. The Bertz CT molecular complexity index is 728. The summed E-state index contributed by atoms with van der Waals surface area (Å²) in [5, 5.41) is 3.44. The van der Waals surface area contributed by atoms with E-state index in [1.165, 1.54) is 0 Å². The molecule has 0 amide bonds. The average molecular weight is 266 g/mol. The molecule has 20 heavy (non-hydrogen) atoms. The van der Waals surface area contributed by atoms with Gasteiger partial charge in [-0.1, -0.05) is 12.1 Å². The molecular formula is C16H18N4. The zero-order valence-corrected chi connectivity index (χ0v) is 12.0. The summed E-state index contributed by atoms with van der Waals surface area (Å²) in [5.74, 6) is 1.02. The highest BCUT2D eigenvalue weighted by molar-refractivity contribution is 5.76. The Labute approximate surface area is 118 Å². The Morgan fingerprint density at radius 2 is 1.95 bits per heavy atom. The fourth-order valence-corrected chi connectivity index (χ4v) is 2.42. The first kappa shape index (κ1) is 12.7. The second kappa shape index (κ2) is 4.96. The SMILES string of the molecule is Cc1ccc(NC(C)c2nc3ccccc3n2C)cn1. The van der Waals surface area contributed by atoms with Gasteiger partial charge in [0.15, 0.2) is 0 Å². The number of rotatable bonds is 3. The summed E-state index contributed by atoms with van der Waals surface area (Å²) >= 11 is 0. The zero-order chi connectivity index (χ0) is 14.1. The van der Waals surface area contributed by atoms with Crippen LogP contribution in [0, 0.1) is 6.92 Å². The van der Waals surface area contributed by atoms with Crippen molar-refractivity contribution in [3.8, 4) is 0 Å². The summed E-state index contributed by atoms with van der Waals surface area (Å²) in [6.07, 6.45) is 1.86. The highest BCUT2D eigenvalue weighted by Crippen LogP contribution is 2.22. The van der Waals surface area contributed by atoms with Crippen molar-refractivity contribution in [1.29, 1.82) is 0 Å². The summed E-state index contributed by atoms with van der Waals surface area (Å²) in [6, 6.07) is 12.4. The quantitative estimate of drug-likeness (QED) is 0.789. The van der Waals surface area contributed by atoms with Crippen LogP contribution in [0.15, 0.2) is 42.6 Å². The predicted molar refractivity (Wildman–Crippen MR) is 81.7 cm³/mol. The van der Waals surface area contributed by atoms with Crippen LogP contribution in [0.25, 0.3) is 11.0 Å². The Hall–Kier alpha value is -2.36. The summed E-state index contributed by atoms with van der Waals surface area (Å²) in [5.41, 5.74) is 4.21. The summed E-state index contributed by atoms with van der Waals surface area (Å²) in [7, 11) is 2.05. The number of anilines is 1. The molecule has 4 nitrogen and oxygen atoms in total. The van der Waals surface area contributed by atoms with Gasteiger partial charge in [-0.25, -0.2) is 4.98 Å². The average Bonchev–Trinajstić information content (AvgIpc) is 2.79. The molecule has 0 spiro atoms. The van der Waals surface area contributed by atoms with Crippen molar-refractivity contribution in [2.45, 2.75) is 19.9 Å². The van der Waals surface area contributed by atoms with Crippen LogP contribution in [-0.2, 0) is 7.05 Å². The van der Waals surface area contributed by atoms with E-state index >= 15 is 0 Å². The molecule has 1 unspecified atom stereocenters. The molecule has 1 atom stereocenters. The van der Waals surface area contributed by atoms with Crippen LogP contribution in [0.2, 0.25) is 0 Å². The zero-order valence-electron chi connectivity index (χ0n) is 12.0. The molecule has 0 fully saturated rings. The standard InChI is InChI=1S/C16H18N4/c1-11-8-9-13(10-17-11)18-12(2)16-19-14-6-4-5-7-15(14)20(16)3/h4-10,12,18H,1-3H3. The maximum absolute atomic E-state index is 4.71. The molecule has 4 heteroatoms. The van der Waals surface area contributed by atoms with E-state index < -0.39 is 0 Å². The topological polar surface area (TPSA) is 42.7 Å². The van der Waals surface area contributed by atoms with Gasteiger partial charge in [0, 0.05) is 12.7 Å². The molecule has 0 aliphatic heterocycles. The van der Waals surface area contributed by atoms with Crippen molar-refractivity contribution in [1.82, 2.24) is 14.5 Å². The Kier molecular flexibility index (Phi) is 3.14. The molecule has 1 N–H and O–H groups in total. The van der Waals surface area contributed by atoms with E-state index in [0.29, 0.717) is 0 Å². The number of fused-ring (bicyclic) bond motifs is 1. The molecule has 0 aliphatic rings. The molecule has 1 aromatic carbocycles. The largest absolute Gasteiger partial charge is 0.374 e. The van der Waals surface area contributed by atoms with E-state index in [1.54, 1.807) is 0 Å². The second-order valence-corrected chi connectivity index (χ2v) is 5.07. The van der Waals surface area contributed by atoms with Crippen molar-refractivity contribution in [2.75, 3.05) is 5.32 Å². The van der Waals surface area contributed by atoms with Gasteiger partial charge in [-0.3, -0.25) is 4.98 Å². The lowest BCUT2D eigenvalue weighted by molar-refractivity contribution is 0.733. The number of nitrogens with zero attached hydrogens (tertiary/aromatic N) is 3. The molecule has 0 radical (unpaired) electrons. The molecule has 2 heterocycles. The molecular weight excluding hydrogens is 248 g/mol. The lowest BCUT2D eigenvalue weighted by atomic mass is 10.3. The molecule has 0 saturated heterocycles. The van der Waals surface area contributed by atoms with Crippen LogP contribution in [0.1, 0.15) is 24.5 Å². The van der Waals surface area contributed by atoms with Crippen molar-refractivity contribution in [3.63, 3.8) is 0 Å². The Balaban J connectivity index is 1.90. The summed E-state index contributed by atoms with van der Waals surface area (Å²) < 4.78 is 2.13. The fraction of sp³-hybridized carbons (Fsp3) is 0.250. The third kappa shape index (κ3) is 2.25. The molecule has 0 bridgehead atoms. The van der Waals surface area contributed by atoms with Gasteiger partial charge in [0.1, 0.15) is 5.82 Å². The monoisotopic (exact) mass is 266 g/mol. The number of pyridine rings is 1. The minimum atomic E-state index is 0.122. The van der Waals surface area contributed by atoms with E-state index in [-0.39, 0.29) is 6.04 Å². The molecule has 3 rings (SSSR count). The van der Waals surface area contributed by atoms with Gasteiger partial charge in [0.25, 0.3) is 0 Å². The van der Waals surface area contributed by atoms with Crippen LogP contribution in [-0.4, -0.2) is 14.5 Å². The first-order valence-corrected chi connectivity index (χ1v) is 6.75. The molecule has 2 aromatic heterocycles. The van der Waals surface area contributed by atoms with Crippen molar-refractivity contribution >= 4 is 16.7 Å². The van der Waals surface area contributed by atoms with Crippen molar-refractivity contribution in [3.05, 3.63) is 54.1 Å². The lowest BCUT2D eigenvalue weighted by Gasteiger charge is -2.15. The molecule has 102 valence electrons. The summed E-state index contributed by atoms with van der Waals surface area (Å²) in [4.78, 5) is 9.01. The smallest absolute Gasteiger partial charge is 0.131 e. The van der Waals surface area contributed by atoms with E-state index in [2.05, 4.69) is 34.9 Å². The lowest BCUT2D eigenvalue weighted by Crippen LogP contribution is -2.12. The number of hydrogen-bond acceptors (Lipinski definition) is 3. The van der Waals surface area contributed by atoms with E-state index in [1.807, 2.05) is 43.5 Å². The first-order chi connectivity index (χ1) is 9.65. The minimum Gasteiger partial charge on any atom is -0.374 e. The normalized spacial score (nSPS) is 12.6. The predicted octanol–water partition coefficient (Wildman–Crippen LogP) is 3.45. The van der Waals surface area contributed by atoms with Gasteiger partial charge < -0.3 is 9.88 Å². The van der Waals surface area contributed by atoms with Crippen molar-refractivity contribution in [2.24, 2.45) is 7.05 Å². The number of aryl methyl sites for hydroxylation is 2. The Morgan fingerprint density at radius 3 is 2.65 bits per heavy atom. The maximum Gasteiger partial charge on any atom is 0.131 e. The Morgan fingerprint density at radius 1 is 1.15 bits per heavy atom. The van der Waals surface area contributed by atoms with Crippen LogP contribution >= 0.6 is 0 Å². The van der Waals surface area contributed by atoms with Gasteiger partial charge in [-0.2, -0.15) is 0 Å². The van der Waals surface area contributed by atoms with Gasteiger partial charge in [-0.15, -0.1) is 0 Å². The number of aromatic nitrogens is 3. The van der Waals surface area contributed by atoms with Crippen LogP contribution < -0.4 is 5.32 Å². The molecule has 3 aromatic rings. The van der Waals surface area contributed by atoms with E-state index in [9.17, 15) is 0 Å². The molecule has 0 saturated carbocycles. The number of hydrogen-bond donors (Lipinski definition) is 1. The van der Waals surface area contributed by atoms with Crippen LogP contribution in [0.3, 0.4) is 0 Å². The van der Waals surface area contributed by atoms with Gasteiger partial charge in [0.2, 0.25) is 0 Å². The third-order valence-electron chi connectivity index (χ3n) is 3.50. The minimum absolute atomic E-state index is 0.122. The number of benzene rings is 1. The van der Waals surface area contributed by atoms with Gasteiger partial charge in [0.05, 0.1) is 29.0 Å². The first-order valence-electron chi connectivity index (χ1n) is 6.75. The number of imidazole rings is 1. The molecule has 0 aliphatic carbocycles. The fourth-order valence-electron chi connectivity index (χ4n) is 2.42. The van der Waals surface area contributed by atoms with Gasteiger partial charge in [-0.05, 0) is 38.1 Å². The number of nitrogens with one attached hydrogen (secondary N) is 1. The highest BCUT2D eigenvalue weighted by atomic mass is 15.1. The van der Waals surface area contributed by atoms with E-state index in [4.69, 9.17) is 4.98 Å². The maximum atomic E-state index is 4.71. The summed E-state index contributed by atoms with van der Waals surface area (Å²) in [6.45, 7) is 4.10. The van der Waals surface area contributed by atoms with Crippen molar-refractivity contribution < 1.29 is 0 Å². The van der Waals surface area contributed by atoms with Crippen LogP contribution in [0.4, 0.5) is 5.69 Å². The number of para-hydroxylation sites is 2. The van der Waals surface area contributed by atoms with Gasteiger partial charge >= 0.3 is 0 Å². The van der Waals surface area contributed by atoms with E-state index in [0.717, 1.165) is 28.2 Å².